The molecule has 2 fully saturated rings. The molecule has 0 atom stereocenters. The van der Waals surface area contributed by atoms with E-state index in [2.05, 4.69) is 33.9 Å². The molecule has 4 rings (SSSR count). The maximum absolute atomic E-state index is 6.09. The Morgan fingerprint density at radius 1 is 1.03 bits per heavy atom. The normalized spacial score (nSPS) is 21.1. The topological polar surface area (TPSA) is 96.9 Å². The van der Waals surface area contributed by atoms with Gasteiger partial charge >= 0.3 is 0 Å². The third-order valence-corrected chi connectivity index (χ3v) is 7.08. The van der Waals surface area contributed by atoms with Gasteiger partial charge in [0.05, 0.1) is 6.33 Å². The van der Waals surface area contributed by atoms with Crippen molar-refractivity contribution >= 4 is 47.7 Å². The Bertz CT molecular complexity index is 827. The molecule has 10 heteroatoms. The van der Waals surface area contributed by atoms with E-state index in [1.807, 2.05) is 6.33 Å². The first-order valence-electron chi connectivity index (χ1n) is 12.4. The zero-order valence-electron chi connectivity index (χ0n) is 20.1. The molecule has 0 amide bonds. The average Bonchev–Trinajstić information content (AvgIpc) is 3.45. The van der Waals surface area contributed by atoms with Crippen molar-refractivity contribution in [3.05, 3.63) is 6.33 Å². The number of halogens is 2. The van der Waals surface area contributed by atoms with Crippen molar-refractivity contribution in [2.75, 3.05) is 36.8 Å². The third-order valence-electron chi connectivity index (χ3n) is 7.08. The van der Waals surface area contributed by atoms with Crippen LogP contribution < -0.4 is 16.4 Å². The van der Waals surface area contributed by atoms with Gasteiger partial charge in [0, 0.05) is 24.7 Å². The van der Waals surface area contributed by atoms with Crippen LogP contribution in [0.1, 0.15) is 77.7 Å². The molecule has 2 heterocycles. The third kappa shape index (κ3) is 7.07. The van der Waals surface area contributed by atoms with Crippen LogP contribution in [0.15, 0.2) is 6.33 Å². The van der Waals surface area contributed by atoms with Crippen molar-refractivity contribution in [1.29, 1.82) is 0 Å². The van der Waals surface area contributed by atoms with Gasteiger partial charge in [-0.2, -0.15) is 9.97 Å². The average molecular weight is 502 g/mol. The first-order chi connectivity index (χ1) is 15.2. The first-order valence-corrected chi connectivity index (χ1v) is 12.4. The number of nitrogens with two attached hydrogens (primary N) is 1. The van der Waals surface area contributed by atoms with Gasteiger partial charge in [0.1, 0.15) is 0 Å². The molecule has 8 nitrogen and oxygen atoms in total. The van der Waals surface area contributed by atoms with Crippen LogP contribution in [-0.2, 0) is 0 Å². The molecule has 0 spiro atoms. The number of anilines is 2. The number of nitrogens with one attached hydrogen (secondary N) is 2. The second kappa shape index (κ2) is 13.5. The van der Waals surface area contributed by atoms with E-state index in [1.165, 1.54) is 25.7 Å². The van der Waals surface area contributed by atoms with Gasteiger partial charge in [-0.1, -0.05) is 26.7 Å². The summed E-state index contributed by atoms with van der Waals surface area (Å²) >= 11 is 0. The Kier molecular flexibility index (Phi) is 11.4. The molecule has 2 aliphatic carbocycles. The zero-order valence-corrected chi connectivity index (χ0v) is 21.8. The van der Waals surface area contributed by atoms with E-state index in [0.717, 1.165) is 81.2 Å². The van der Waals surface area contributed by atoms with Crippen molar-refractivity contribution in [3.8, 4) is 0 Å². The second-order valence-corrected chi connectivity index (χ2v) is 9.22. The maximum Gasteiger partial charge on any atom is 0.227 e. The van der Waals surface area contributed by atoms with Crippen molar-refractivity contribution in [1.82, 2.24) is 24.4 Å². The lowest BCUT2D eigenvalue weighted by Crippen LogP contribution is -2.33. The van der Waals surface area contributed by atoms with E-state index in [4.69, 9.17) is 20.7 Å². The molecular weight excluding hydrogens is 459 g/mol. The highest BCUT2D eigenvalue weighted by molar-refractivity contribution is 5.86. The maximum atomic E-state index is 6.09. The Balaban J connectivity index is 0.00000193. The second-order valence-electron chi connectivity index (χ2n) is 9.22. The van der Waals surface area contributed by atoms with Crippen LogP contribution in [0.25, 0.3) is 11.2 Å². The molecule has 0 saturated heterocycles. The van der Waals surface area contributed by atoms with Gasteiger partial charge in [-0.25, -0.2) is 4.98 Å². The minimum atomic E-state index is 0. The van der Waals surface area contributed by atoms with Crippen molar-refractivity contribution < 1.29 is 0 Å². The lowest BCUT2D eigenvalue weighted by atomic mass is 9.92. The van der Waals surface area contributed by atoms with Crippen LogP contribution in [0.4, 0.5) is 11.8 Å². The summed E-state index contributed by atoms with van der Waals surface area (Å²) < 4.78 is 2.28. The summed E-state index contributed by atoms with van der Waals surface area (Å²) in [6, 6.07) is 1.25. The van der Waals surface area contributed by atoms with E-state index in [-0.39, 0.29) is 24.8 Å². The first kappa shape index (κ1) is 27.9. The van der Waals surface area contributed by atoms with Gasteiger partial charge in [-0.15, -0.1) is 24.8 Å². The van der Waals surface area contributed by atoms with Crippen LogP contribution >= 0.6 is 24.8 Å². The molecule has 0 aromatic carbocycles. The predicted molar refractivity (Wildman–Crippen MR) is 142 cm³/mol. The molecule has 2 aromatic rings. The summed E-state index contributed by atoms with van der Waals surface area (Å²) in [5.74, 6) is 1.58. The summed E-state index contributed by atoms with van der Waals surface area (Å²) in [4.78, 5) is 17.0. The number of imidazole rings is 1. The molecule has 2 saturated carbocycles. The van der Waals surface area contributed by atoms with Crippen molar-refractivity contribution in [2.24, 2.45) is 5.73 Å². The van der Waals surface area contributed by atoms with Crippen LogP contribution in [0.3, 0.4) is 0 Å². The van der Waals surface area contributed by atoms with E-state index >= 15 is 0 Å². The molecule has 2 aliphatic rings. The highest BCUT2D eigenvalue weighted by atomic mass is 35.5. The molecule has 0 radical (unpaired) electrons. The highest BCUT2D eigenvalue weighted by Gasteiger charge is 2.23. The highest BCUT2D eigenvalue weighted by Crippen LogP contribution is 2.33. The van der Waals surface area contributed by atoms with Gasteiger partial charge < -0.3 is 25.8 Å². The van der Waals surface area contributed by atoms with Crippen molar-refractivity contribution in [3.63, 3.8) is 0 Å². The number of fused-ring (bicyclic) bond motifs is 1. The summed E-state index contributed by atoms with van der Waals surface area (Å²) in [7, 11) is 0. The number of nitrogens with zero attached hydrogens (tertiary/aromatic N) is 5. The van der Waals surface area contributed by atoms with Crippen LogP contribution in [0.2, 0.25) is 0 Å². The number of hydrogen-bond acceptors (Lipinski definition) is 7. The summed E-state index contributed by atoms with van der Waals surface area (Å²) in [5, 5.41) is 7.17. The Morgan fingerprint density at radius 2 is 1.73 bits per heavy atom. The van der Waals surface area contributed by atoms with Crippen LogP contribution in [0.5, 0.6) is 0 Å². The number of hydrogen-bond donors (Lipinski definition) is 3. The fourth-order valence-electron chi connectivity index (χ4n) is 5.05. The van der Waals surface area contributed by atoms with E-state index in [1.54, 1.807) is 0 Å². The van der Waals surface area contributed by atoms with Gasteiger partial charge in [0.25, 0.3) is 0 Å². The molecule has 0 aliphatic heterocycles. The largest absolute Gasteiger partial charge is 0.368 e. The number of aromatic nitrogens is 4. The minimum Gasteiger partial charge on any atom is -0.368 e. The molecule has 188 valence electrons. The standard InChI is InChI=1S/C23H40N8.2ClH/c1-3-30(4-2)15-7-14-25-21-20-22(31(16-26-20)19-8-5-6-9-19)29-23(28-21)27-18-12-10-17(24)11-13-18;;/h16-19H,3-15,24H2,1-2H3,(H2,25,27,28,29);2*1H/t17-,18-;;. The van der Waals surface area contributed by atoms with Gasteiger partial charge in [-0.05, 0) is 64.6 Å². The lowest BCUT2D eigenvalue weighted by molar-refractivity contribution is 0.303. The van der Waals surface area contributed by atoms with Crippen LogP contribution in [0, 0.1) is 0 Å². The molecule has 0 bridgehead atoms. The van der Waals surface area contributed by atoms with Gasteiger partial charge in [0.15, 0.2) is 17.0 Å². The molecular formula is C23H42Cl2N8. The molecule has 2 aromatic heterocycles. The molecule has 33 heavy (non-hydrogen) atoms. The summed E-state index contributed by atoms with van der Waals surface area (Å²) in [6.45, 7) is 8.61. The lowest BCUT2D eigenvalue weighted by Gasteiger charge is -2.27. The fraction of sp³-hybridized carbons (Fsp3) is 0.783. The summed E-state index contributed by atoms with van der Waals surface area (Å²) in [5.41, 5.74) is 7.95. The SMILES string of the molecule is CCN(CC)CCCNc1nc(N[C@H]2CC[C@H](N)CC2)nc2c1ncn2C1CCCC1.Cl.Cl. The van der Waals surface area contributed by atoms with E-state index in [0.29, 0.717) is 18.1 Å². The number of rotatable bonds is 10. The summed E-state index contributed by atoms with van der Waals surface area (Å²) in [6.07, 6.45) is 12.4. The van der Waals surface area contributed by atoms with Crippen molar-refractivity contribution in [2.45, 2.75) is 89.8 Å². The van der Waals surface area contributed by atoms with Crippen LogP contribution in [-0.4, -0.2) is 62.7 Å². The van der Waals surface area contributed by atoms with E-state index in [9.17, 15) is 0 Å². The van der Waals surface area contributed by atoms with E-state index < -0.39 is 0 Å². The fourth-order valence-corrected chi connectivity index (χ4v) is 5.05. The minimum absolute atomic E-state index is 0. The Hall–Kier alpha value is -1.35. The quantitative estimate of drug-likeness (QED) is 0.409. The van der Waals surface area contributed by atoms with Gasteiger partial charge in [-0.3, -0.25) is 0 Å². The van der Waals surface area contributed by atoms with Gasteiger partial charge in [0.2, 0.25) is 5.95 Å². The molecule has 0 unspecified atom stereocenters. The Labute approximate surface area is 210 Å². The molecule has 4 N–H and O–H groups in total. The zero-order chi connectivity index (χ0) is 21.6. The predicted octanol–water partition coefficient (Wildman–Crippen LogP) is 4.61. The Morgan fingerprint density at radius 3 is 2.39 bits per heavy atom. The monoisotopic (exact) mass is 500 g/mol. The smallest absolute Gasteiger partial charge is 0.227 e.